The van der Waals surface area contributed by atoms with E-state index in [2.05, 4.69) is 0 Å². The van der Waals surface area contributed by atoms with E-state index in [-0.39, 0.29) is 14.9 Å². The number of benzene rings is 2. The van der Waals surface area contributed by atoms with Gasteiger partial charge in [-0.05, 0) is 37.1 Å². The average molecular weight is 318 g/mol. The lowest BCUT2D eigenvalue weighted by Crippen LogP contribution is -2.15. The van der Waals surface area contributed by atoms with Crippen molar-refractivity contribution in [2.45, 2.75) is 28.7 Å². The molecule has 0 amide bonds. The normalized spacial score (nSPS) is 13.0. The molecule has 2 aliphatic heterocycles. The van der Waals surface area contributed by atoms with Gasteiger partial charge < -0.3 is 18.9 Å². The third kappa shape index (κ3) is 4.09. The minimum atomic E-state index is 0. The molecule has 0 saturated carbocycles. The Morgan fingerprint density at radius 1 is 0.652 bits per heavy atom. The van der Waals surface area contributed by atoms with Gasteiger partial charge >= 0.3 is 0 Å². The molecule has 2 heterocycles. The first-order valence-corrected chi connectivity index (χ1v) is 6.96. The molecular formula is C19H26O4. The van der Waals surface area contributed by atoms with Gasteiger partial charge in [-0.2, -0.15) is 0 Å². The third-order valence-corrected chi connectivity index (χ3v) is 3.36. The van der Waals surface area contributed by atoms with Crippen LogP contribution in [-0.2, 0) is 0 Å². The number of ether oxygens (including phenoxy) is 4. The summed E-state index contributed by atoms with van der Waals surface area (Å²) < 4.78 is 21.2. The SMILES string of the molecule is C.C.Cc1cccc2c1OCCO2.Cc1cccc2c1OCO2. The van der Waals surface area contributed by atoms with E-state index < -0.39 is 0 Å². The van der Waals surface area contributed by atoms with Crippen molar-refractivity contribution in [2.75, 3.05) is 20.0 Å². The van der Waals surface area contributed by atoms with Gasteiger partial charge in [0.25, 0.3) is 0 Å². The molecule has 0 N–H and O–H groups in total. The van der Waals surface area contributed by atoms with Crippen molar-refractivity contribution in [3.63, 3.8) is 0 Å². The highest BCUT2D eigenvalue weighted by atomic mass is 16.7. The predicted molar refractivity (Wildman–Crippen MR) is 92.9 cm³/mol. The Morgan fingerprint density at radius 3 is 1.74 bits per heavy atom. The van der Waals surface area contributed by atoms with Gasteiger partial charge in [-0.3, -0.25) is 0 Å². The molecule has 0 bridgehead atoms. The molecule has 126 valence electrons. The molecule has 0 unspecified atom stereocenters. The maximum absolute atomic E-state index is 5.43. The highest BCUT2D eigenvalue weighted by molar-refractivity contribution is 5.47. The Morgan fingerprint density at radius 2 is 1.17 bits per heavy atom. The molecule has 0 atom stereocenters. The van der Waals surface area contributed by atoms with E-state index in [0.717, 1.165) is 34.1 Å². The van der Waals surface area contributed by atoms with Gasteiger partial charge in [0.05, 0.1) is 0 Å². The summed E-state index contributed by atoms with van der Waals surface area (Å²) in [5.74, 6) is 3.53. The number of para-hydroxylation sites is 2. The van der Waals surface area contributed by atoms with Crippen LogP contribution in [0.25, 0.3) is 0 Å². The summed E-state index contributed by atoms with van der Waals surface area (Å²) in [5.41, 5.74) is 2.28. The van der Waals surface area contributed by atoms with E-state index in [4.69, 9.17) is 18.9 Å². The van der Waals surface area contributed by atoms with E-state index in [0.29, 0.717) is 20.0 Å². The molecule has 4 heteroatoms. The highest BCUT2D eigenvalue weighted by Gasteiger charge is 2.13. The highest BCUT2D eigenvalue weighted by Crippen LogP contribution is 2.34. The molecule has 0 fully saturated rings. The summed E-state index contributed by atoms with van der Waals surface area (Å²) in [4.78, 5) is 0. The van der Waals surface area contributed by atoms with Crippen LogP contribution < -0.4 is 18.9 Å². The molecule has 0 radical (unpaired) electrons. The Kier molecular flexibility index (Phi) is 6.76. The minimum absolute atomic E-state index is 0. The number of hydrogen-bond acceptors (Lipinski definition) is 4. The second kappa shape index (κ2) is 8.32. The molecule has 0 aromatic heterocycles. The van der Waals surface area contributed by atoms with Gasteiger partial charge in [-0.25, -0.2) is 0 Å². The lowest BCUT2D eigenvalue weighted by atomic mass is 10.2. The summed E-state index contributed by atoms with van der Waals surface area (Å²) in [5, 5.41) is 0. The molecular weight excluding hydrogens is 292 g/mol. The van der Waals surface area contributed by atoms with Crippen molar-refractivity contribution < 1.29 is 18.9 Å². The topological polar surface area (TPSA) is 36.9 Å². The van der Waals surface area contributed by atoms with Crippen LogP contribution in [0.5, 0.6) is 23.0 Å². The van der Waals surface area contributed by atoms with Crippen LogP contribution in [0, 0.1) is 13.8 Å². The smallest absolute Gasteiger partial charge is 0.231 e. The van der Waals surface area contributed by atoms with Gasteiger partial charge in [0.15, 0.2) is 23.0 Å². The van der Waals surface area contributed by atoms with Crippen LogP contribution >= 0.6 is 0 Å². The maximum atomic E-state index is 5.43. The van der Waals surface area contributed by atoms with Gasteiger partial charge in [-0.1, -0.05) is 39.1 Å². The summed E-state index contributed by atoms with van der Waals surface area (Å²) in [6.07, 6.45) is 0. The van der Waals surface area contributed by atoms with Crippen molar-refractivity contribution >= 4 is 0 Å². The van der Waals surface area contributed by atoms with Crippen LogP contribution in [0.15, 0.2) is 36.4 Å². The second-order valence-electron chi connectivity index (χ2n) is 4.91. The van der Waals surface area contributed by atoms with Crippen molar-refractivity contribution in [1.82, 2.24) is 0 Å². The summed E-state index contributed by atoms with van der Waals surface area (Å²) in [7, 11) is 0. The zero-order chi connectivity index (χ0) is 14.7. The fourth-order valence-electron chi connectivity index (χ4n) is 2.30. The number of rotatable bonds is 0. The average Bonchev–Trinajstić information content (AvgIpc) is 2.99. The standard InChI is InChI=1S/C9H10O2.C8H8O2.2CH4/c1-7-3-2-4-8-9(7)11-6-5-10-8;1-6-3-2-4-7-8(6)10-5-9-7;;/h2-4H,5-6H2,1H3;2-4H,5H2,1H3;2*1H4. The first-order valence-electron chi connectivity index (χ1n) is 6.96. The van der Waals surface area contributed by atoms with Gasteiger partial charge in [0.1, 0.15) is 13.2 Å². The molecule has 2 aromatic carbocycles. The van der Waals surface area contributed by atoms with Crippen LogP contribution in [0.3, 0.4) is 0 Å². The van der Waals surface area contributed by atoms with E-state index in [9.17, 15) is 0 Å². The number of fused-ring (bicyclic) bond motifs is 2. The van der Waals surface area contributed by atoms with Crippen molar-refractivity contribution in [1.29, 1.82) is 0 Å². The van der Waals surface area contributed by atoms with Crippen molar-refractivity contribution in [2.24, 2.45) is 0 Å². The molecule has 2 aliphatic rings. The fraction of sp³-hybridized carbons (Fsp3) is 0.368. The quantitative estimate of drug-likeness (QED) is 0.701. The van der Waals surface area contributed by atoms with Crippen molar-refractivity contribution in [3.8, 4) is 23.0 Å². The molecule has 4 nitrogen and oxygen atoms in total. The van der Waals surface area contributed by atoms with E-state index >= 15 is 0 Å². The minimum Gasteiger partial charge on any atom is -0.486 e. The summed E-state index contributed by atoms with van der Waals surface area (Å²) >= 11 is 0. The lowest BCUT2D eigenvalue weighted by molar-refractivity contribution is 0.170. The van der Waals surface area contributed by atoms with E-state index in [1.54, 1.807) is 0 Å². The van der Waals surface area contributed by atoms with Crippen molar-refractivity contribution in [3.05, 3.63) is 47.5 Å². The van der Waals surface area contributed by atoms with E-state index in [1.807, 2.05) is 50.2 Å². The Balaban J connectivity index is 0.000000212. The fourth-order valence-corrected chi connectivity index (χ4v) is 2.30. The van der Waals surface area contributed by atoms with Crippen LogP contribution in [0.1, 0.15) is 26.0 Å². The Labute approximate surface area is 139 Å². The van der Waals surface area contributed by atoms with E-state index in [1.165, 1.54) is 0 Å². The van der Waals surface area contributed by atoms with Crippen LogP contribution in [0.4, 0.5) is 0 Å². The zero-order valence-electron chi connectivity index (χ0n) is 12.2. The van der Waals surface area contributed by atoms with Crippen LogP contribution in [-0.4, -0.2) is 20.0 Å². The van der Waals surface area contributed by atoms with Gasteiger partial charge in [-0.15, -0.1) is 0 Å². The summed E-state index contributed by atoms with van der Waals surface area (Å²) in [6, 6.07) is 11.8. The number of aryl methyl sites for hydroxylation is 2. The maximum Gasteiger partial charge on any atom is 0.231 e. The zero-order valence-corrected chi connectivity index (χ0v) is 12.2. The third-order valence-electron chi connectivity index (χ3n) is 3.36. The predicted octanol–water partition coefficient (Wildman–Crippen LogP) is 4.76. The molecule has 0 aliphatic carbocycles. The molecule has 0 saturated heterocycles. The van der Waals surface area contributed by atoms with Gasteiger partial charge in [0, 0.05) is 0 Å². The second-order valence-corrected chi connectivity index (χ2v) is 4.91. The molecule has 4 rings (SSSR count). The lowest BCUT2D eigenvalue weighted by Gasteiger charge is -2.19. The largest absolute Gasteiger partial charge is 0.486 e. The number of hydrogen-bond donors (Lipinski definition) is 0. The molecule has 2 aromatic rings. The molecule has 0 spiro atoms. The monoisotopic (exact) mass is 318 g/mol. The first-order chi connectivity index (χ1) is 10.3. The summed E-state index contributed by atoms with van der Waals surface area (Å²) in [6.45, 7) is 5.72. The van der Waals surface area contributed by atoms with Crippen LogP contribution in [0.2, 0.25) is 0 Å². The van der Waals surface area contributed by atoms with Gasteiger partial charge in [0.2, 0.25) is 6.79 Å². The first kappa shape index (κ1) is 18.7. The Hall–Kier alpha value is -2.36. The Bertz CT molecular complexity index is 637. The molecule has 23 heavy (non-hydrogen) atoms.